The summed E-state index contributed by atoms with van der Waals surface area (Å²) in [4.78, 5) is 16.3. The second kappa shape index (κ2) is 10.5. The topological polar surface area (TPSA) is 70.5 Å². The van der Waals surface area contributed by atoms with Crippen LogP contribution < -0.4 is 16.0 Å². The van der Waals surface area contributed by atoms with Gasteiger partial charge in [-0.1, -0.05) is 12.1 Å². The van der Waals surface area contributed by atoms with E-state index in [4.69, 9.17) is 0 Å². The molecule has 0 unspecified atom stereocenters. The van der Waals surface area contributed by atoms with Crippen LogP contribution in [-0.4, -0.2) is 40.3 Å². The van der Waals surface area contributed by atoms with Crippen molar-refractivity contribution >= 4 is 23.1 Å². The third-order valence-corrected chi connectivity index (χ3v) is 6.01. The number of nitrogens with one attached hydrogen (secondary N) is 3. The van der Waals surface area contributed by atoms with Crippen LogP contribution >= 0.6 is 0 Å². The third-order valence-electron chi connectivity index (χ3n) is 6.01. The van der Waals surface area contributed by atoms with E-state index in [0.29, 0.717) is 29.9 Å². The summed E-state index contributed by atoms with van der Waals surface area (Å²) in [6, 6.07) is 11.6. The molecule has 2 heterocycles. The highest BCUT2D eigenvalue weighted by molar-refractivity contribution is 5.95. The molecule has 0 spiro atoms. The van der Waals surface area contributed by atoms with Crippen LogP contribution in [0.1, 0.15) is 48.2 Å². The van der Waals surface area contributed by atoms with Crippen molar-refractivity contribution in [2.24, 2.45) is 0 Å². The Morgan fingerprint density at radius 2 is 1.77 bits per heavy atom. The van der Waals surface area contributed by atoms with Crippen LogP contribution in [0.15, 0.2) is 48.7 Å². The zero-order valence-electron chi connectivity index (χ0n) is 18.8. The molecule has 11 heteroatoms. The van der Waals surface area contributed by atoms with Gasteiger partial charge in [-0.2, -0.15) is 13.2 Å². The molecule has 1 aliphatic rings. The SMILES string of the molecule is O=C(NC1CCC(Nc2cccc3nc(C(F)(F)F)cn23)CC1)c1cccc(NCCC(F)F)c1. The van der Waals surface area contributed by atoms with Crippen molar-refractivity contribution in [1.29, 1.82) is 0 Å². The first-order chi connectivity index (χ1) is 16.7. The number of hydrogen-bond acceptors (Lipinski definition) is 4. The first-order valence-corrected chi connectivity index (χ1v) is 11.4. The molecular weight excluding hydrogens is 469 g/mol. The van der Waals surface area contributed by atoms with Crippen molar-refractivity contribution in [1.82, 2.24) is 14.7 Å². The van der Waals surface area contributed by atoms with Crippen LogP contribution in [0.4, 0.5) is 33.5 Å². The molecule has 4 rings (SSSR count). The lowest BCUT2D eigenvalue weighted by Gasteiger charge is -2.30. The summed E-state index contributed by atoms with van der Waals surface area (Å²) in [5.41, 5.74) is 0.328. The lowest BCUT2D eigenvalue weighted by Crippen LogP contribution is -2.40. The fourth-order valence-corrected chi connectivity index (χ4v) is 4.22. The number of aromatic nitrogens is 2. The summed E-state index contributed by atoms with van der Waals surface area (Å²) >= 11 is 0. The molecule has 1 aliphatic carbocycles. The van der Waals surface area contributed by atoms with Gasteiger partial charge in [0.15, 0.2) is 5.69 Å². The van der Waals surface area contributed by atoms with E-state index in [2.05, 4.69) is 20.9 Å². The standard InChI is InChI=1S/C24H26F5N5O/c25-20(26)11-12-30-18-4-1-3-15(13-18)23(35)32-17-9-7-16(8-10-17)31-21-5-2-6-22-33-19(14-34(21)22)24(27,28)29/h1-6,13-14,16-17,20,30-31H,7-12H2,(H,32,35). The maximum Gasteiger partial charge on any atom is 0.434 e. The van der Waals surface area contributed by atoms with Crippen molar-refractivity contribution in [3.8, 4) is 0 Å². The molecule has 1 fully saturated rings. The molecule has 0 atom stereocenters. The summed E-state index contributed by atoms with van der Waals surface area (Å²) in [5.74, 6) is 0.302. The maximum absolute atomic E-state index is 13.0. The van der Waals surface area contributed by atoms with Gasteiger partial charge in [0, 0.05) is 42.5 Å². The fraction of sp³-hybridized carbons (Fsp3) is 0.417. The number of fused-ring (bicyclic) bond motifs is 1. The summed E-state index contributed by atoms with van der Waals surface area (Å²) < 4.78 is 65.1. The van der Waals surface area contributed by atoms with Gasteiger partial charge in [-0.3, -0.25) is 9.20 Å². The Balaban J connectivity index is 1.30. The predicted molar refractivity (Wildman–Crippen MR) is 123 cm³/mol. The van der Waals surface area contributed by atoms with Crippen molar-refractivity contribution in [2.75, 3.05) is 17.2 Å². The zero-order valence-corrected chi connectivity index (χ0v) is 18.8. The average molecular weight is 495 g/mol. The van der Waals surface area contributed by atoms with Crippen molar-refractivity contribution in [2.45, 2.75) is 56.8 Å². The predicted octanol–water partition coefficient (Wildman–Crippen LogP) is 5.57. The van der Waals surface area contributed by atoms with Gasteiger partial charge >= 0.3 is 6.18 Å². The molecule has 35 heavy (non-hydrogen) atoms. The van der Waals surface area contributed by atoms with E-state index in [1.807, 2.05) is 0 Å². The van der Waals surface area contributed by atoms with E-state index in [1.54, 1.807) is 36.4 Å². The molecule has 1 aromatic carbocycles. The number of rotatable bonds is 8. The molecule has 1 amide bonds. The van der Waals surface area contributed by atoms with E-state index in [1.165, 1.54) is 10.5 Å². The summed E-state index contributed by atoms with van der Waals surface area (Å²) in [6.07, 6.45) is -3.29. The van der Waals surface area contributed by atoms with Crippen molar-refractivity contribution in [3.05, 3.63) is 59.9 Å². The minimum absolute atomic E-state index is 0.0307. The van der Waals surface area contributed by atoms with Gasteiger partial charge < -0.3 is 16.0 Å². The first-order valence-electron chi connectivity index (χ1n) is 11.4. The second-order valence-electron chi connectivity index (χ2n) is 8.62. The van der Waals surface area contributed by atoms with Gasteiger partial charge in [-0.15, -0.1) is 0 Å². The Kier molecular flexibility index (Phi) is 7.42. The largest absolute Gasteiger partial charge is 0.434 e. The quantitative estimate of drug-likeness (QED) is 0.357. The number of anilines is 2. The van der Waals surface area contributed by atoms with Crippen molar-refractivity contribution < 1.29 is 26.7 Å². The highest BCUT2D eigenvalue weighted by Gasteiger charge is 2.34. The van der Waals surface area contributed by atoms with Gasteiger partial charge in [0.2, 0.25) is 6.43 Å². The van der Waals surface area contributed by atoms with E-state index < -0.39 is 18.3 Å². The van der Waals surface area contributed by atoms with Crippen LogP contribution in [-0.2, 0) is 6.18 Å². The van der Waals surface area contributed by atoms with Gasteiger partial charge in [0.05, 0.1) is 0 Å². The monoisotopic (exact) mass is 495 g/mol. The number of alkyl halides is 5. The number of carbonyl (C=O) groups excluding carboxylic acids is 1. The molecule has 0 radical (unpaired) electrons. The molecule has 3 aromatic rings. The molecule has 0 saturated heterocycles. The van der Waals surface area contributed by atoms with Gasteiger partial charge in [0.1, 0.15) is 11.5 Å². The Hall–Kier alpha value is -3.37. The van der Waals surface area contributed by atoms with Crippen LogP contribution in [0.2, 0.25) is 0 Å². The number of halogens is 5. The van der Waals surface area contributed by atoms with Crippen LogP contribution in [0.3, 0.4) is 0 Å². The Morgan fingerprint density at radius 1 is 1.06 bits per heavy atom. The maximum atomic E-state index is 13.0. The number of amides is 1. The second-order valence-corrected chi connectivity index (χ2v) is 8.62. The molecule has 6 nitrogen and oxygen atoms in total. The summed E-state index contributed by atoms with van der Waals surface area (Å²) in [7, 11) is 0. The van der Waals surface area contributed by atoms with Gasteiger partial charge in [-0.05, 0) is 56.0 Å². The molecule has 3 N–H and O–H groups in total. The minimum Gasteiger partial charge on any atom is -0.385 e. The number of imidazole rings is 1. The van der Waals surface area contributed by atoms with Crippen LogP contribution in [0.5, 0.6) is 0 Å². The first kappa shape index (κ1) is 24.7. The van der Waals surface area contributed by atoms with E-state index in [-0.39, 0.29) is 36.6 Å². The summed E-state index contributed by atoms with van der Waals surface area (Å²) in [6.45, 7) is 0.115. The number of pyridine rings is 1. The number of hydrogen-bond donors (Lipinski definition) is 3. The van der Waals surface area contributed by atoms with Gasteiger partial charge in [0.25, 0.3) is 5.91 Å². The Labute approximate surface area is 198 Å². The molecule has 0 bridgehead atoms. The Bertz CT molecular complexity index is 1150. The highest BCUT2D eigenvalue weighted by atomic mass is 19.4. The molecule has 188 valence electrons. The number of nitrogens with zero attached hydrogens (tertiary/aromatic N) is 2. The zero-order chi connectivity index (χ0) is 25.0. The fourth-order valence-electron chi connectivity index (χ4n) is 4.22. The molecular formula is C24H26F5N5O. The highest BCUT2D eigenvalue weighted by Crippen LogP contribution is 2.30. The Morgan fingerprint density at radius 3 is 2.49 bits per heavy atom. The van der Waals surface area contributed by atoms with E-state index in [0.717, 1.165) is 19.0 Å². The van der Waals surface area contributed by atoms with Gasteiger partial charge in [-0.25, -0.2) is 13.8 Å². The van der Waals surface area contributed by atoms with Crippen LogP contribution in [0.25, 0.3) is 5.65 Å². The normalized spacial score (nSPS) is 18.6. The lowest BCUT2D eigenvalue weighted by atomic mass is 9.91. The molecule has 0 aliphatic heterocycles. The van der Waals surface area contributed by atoms with Crippen molar-refractivity contribution in [3.63, 3.8) is 0 Å². The smallest absolute Gasteiger partial charge is 0.385 e. The van der Waals surface area contributed by atoms with E-state index in [9.17, 15) is 26.7 Å². The number of carbonyl (C=O) groups is 1. The van der Waals surface area contributed by atoms with E-state index >= 15 is 0 Å². The lowest BCUT2D eigenvalue weighted by molar-refractivity contribution is -0.140. The molecule has 2 aromatic heterocycles. The average Bonchev–Trinajstić information content (AvgIpc) is 3.27. The minimum atomic E-state index is -4.51. The summed E-state index contributed by atoms with van der Waals surface area (Å²) in [5, 5.41) is 9.22. The molecule has 1 saturated carbocycles. The third kappa shape index (κ3) is 6.40. The van der Waals surface area contributed by atoms with Crippen LogP contribution in [0, 0.1) is 0 Å². The number of benzene rings is 1.